The summed E-state index contributed by atoms with van der Waals surface area (Å²) in [5.41, 5.74) is 1.43. The first-order valence-corrected chi connectivity index (χ1v) is 7.40. The van der Waals surface area contributed by atoms with Crippen LogP contribution in [0.15, 0.2) is 30.3 Å². The summed E-state index contributed by atoms with van der Waals surface area (Å²) in [6.07, 6.45) is 2.66. The van der Waals surface area contributed by atoms with Crippen LogP contribution in [-0.4, -0.2) is 56.1 Å². The summed E-state index contributed by atoms with van der Waals surface area (Å²) < 4.78 is 0. The molecule has 0 amide bonds. The van der Waals surface area contributed by atoms with Crippen molar-refractivity contribution in [1.82, 2.24) is 15.1 Å². The first-order chi connectivity index (χ1) is 9.29. The van der Waals surface area contributed by atoms with E-state index in [1.807, 2.05) is 7.05 Å². The Morgan fingerprint density at radius 3 is 2.84 bits per heavy atom. The molecule has 19 heavy (non-hydrogen) atoms. The van der Waals surface area contributed by atoms with E-state index < -0.39 is 0 Å². The van der Waals surface area contributed by atoms with Crippen LogP contribution in [0.4, 0.5) is 0 Å². The number of piperidine rings is 1. The topological polar surface area (TPSA) is 18.5 Å². The molecule has 0 aliphatic carbocycles. The van der Waals surface area contributed by atoms with Crippen LogP contribution < -0.4 is 5.32 Å². The van der Waals surface area contributed by atoms with E-state index in [9.17, 15) is 0 Å². The molecule has 1 atom stereocenters. The Hall–Kier alpha value is -0.900. The molecule has 1 N–H and O–H groups in total. The van der Waals surface area contributed by atoms with Crippen molar-refractivity contribution in [3.05, 3.63) is 35.9 Å². The molecule has 1 heterocycles. The van der Waals surface area contributed by atoms with Gasteiger partial charge >= 0.3 is 0 Å². The van der Waals surface area contributed by atoms with Crippen molar-refractivity contribution in [2.45, 2.75) is 25.4 Å². The van der Waals surface area contributed by atoms with Crippen molar-refractivity contribution < 1.29 is 0 Å². The molecule has 0 spiro atoms. The number of rotatable bonds is 6. The van der Waals surface area contributed by atoms with Gasteiger partial charge in [0.05, 0.1) is 0 Å². The van der Waals surface area contributed by atoms with Gasteiger partial charge in [-0.3, -0.25) is 4.90 Å². The maximum atomic E-state index is 3.23. The van der Waals surface area contributed by atoms with Gasteiger partial charge in [0.15, 0.2) is 0 Å². The highest BCUT2D eigenvalue weighted by Crippen LogP contribution is 2.16. The van der Waals surface area contributed by atoms with Crippen LogP contribution in [0.3, 0.4) is 0 Å². The smallest absolute Gasteiger partial charge is 0.0234 e. The molecule has 3 nitrogen and oxygen atoms in total. The second-order valence-corrected chi connectivity index (χ2v) is 5.60. The van der Waals surface area contributed by atoms with Gasteiger partial charge in [-0.25, -0.2) is 0 Å². The summed E-state index contributed by atoms with van der Waals surface area (Å²) >= 11 is 0. The zero-order valence-electron chi connectivity index (χ0n) is 12.3. The highest BCUT2D eigenvalue weighted by Gasteiger charge is 2.22. The summed E-state index contributed by atoms with van der Waals surface area (Å²) in [5, 5.41) is 3.23. The lowest BCUT2D eigenvalue weighted by Gasteiger charge is -2.37. The average Bonchev–Trinajstić information content (AvgIpc) is 2.46. The van der Waals surface area contributed by atoms with Gasteiger partial charge in [-0.05, 0) is 39.0 Å². The SMILES string of the molecule is CNCCN(C)C1CCCN(Cc2ccccc2)C1. The molecule has 1 fully saturated rings. The number of hydrogen-bond acceptors (Lipinski definition) is 3. The van der Waals surface area contributed by atoms with Crippen molar-refractivity contribution in [2.75, 3.05) is 40.3 Å². The van der Waals surface area contributed by atoms with E-state index in [4.69, 9.17) is 0 Å². The third-order valence-corrected chi connectivity index (χ3v) is 4.07. The van der Waals surface area contributed by atoms with E-state index in [0.29, 0.717) is 6.04 Å². The molecular formula is C16H27N3. The van der Waals surface area contributed by atoms with Crippen molar-refractivity contribution >= 4 is 0 Å². The zero-order valence-corrected chi connectivity index (χ0v) is 12.3. The second kappa shape index (κ2) is 7.63. The zero-order chi connectivity index (χ0) is 13.5. The Morgan fingerprint density at radius 1 is 1.32 bits per heavy atom. The maximum Gasteiger partial charge on any atom is 0.0234 e. The summed E-state index contributed by atoms with van der Waals surface area (Å²) in [6, 6.07) is 11.5. The fraction of sp³-hybridized carbons (Fsp3) is 0.625. The van der Waals surface area contributed by atoms with Gasteiger partial charge in [-0.2, -0.15) is 0 Å². The van der Waals surface area contributed by atoms with Gasteiger partial charge in [0, 0.05) is 32.2 Å². The van der Waals surface area contributed by atoms with E-state index in [1.54, 1.807) is 0 Å². The fourth-order valence-corrected chi connectivity index (χ4v) is 2.85. The molecular weight excluding hydrogens is 234 g/mol. The predicted octanol–water partition coefficient (Wildman–Crippen LogP) is 1.80. The number of nitrogens with zero attached hydrogens (tertiary/aromatic N) is 2. The van der Waals surface area contributed by atoms with Gasteiger partial charge in [0.2, 0.25) is 0 Å². The molecule has 0 radical (unpaired) electrons. The van der Waals surface area contributed by atoms with Crippen molar-refractivity contribution in [2.24, 2.45) is 0 Å². The highest BCUT2D eigenvalue weighted by atomic mass is 15.2. The van der Waals surface area contributed by atoms with Crippen LogP contribution in [-0.2, 0) is 6.54 Å². The Morgan fingerprint density at radius 2 is 2.11 bits per heavy atom. The van der Waals surface area contributed by atoms with E-state index in [0.717, 1.165) is 19.6 Å². The Labute approximate surface area is 117 Å². The lowest BCUT2D eigenvalue weighted by Crippen LogP contribution is -2.47. The van der Waals surface area contributed by atoms with Gasteiger partial charge < -0.3 is 10.2 Å². The third-order valence-electron chi connectivity index (χ3n) is 4.07. The molecule has 0 saturated carbocycles. The number of hydrogen-bond donors (Lipinski definition) is 1. The minimum absolute atomic E-state index is 0.714. The average molecular weight is 261 g/mol. The molecule has 1 aromatic carbocycles. The Balaban J connectivity index is 1.83. The number of nitrogens with one attached hydrogen (secondary N) is 1. The quantitative estimate of drug-likeness (QED) is 0.842. The monoisotopic (exact) mass is 261 g/mol. The third kappa shape index (κ3) is 4.60. The van der Waals surface area contributed by atoms with Crippen molar-refractivity contribution in [3.63, 3.8) is 0 Å². The van der Waals surface area contributed by atoms with Crippen LogP contribution in [0.25, 0.3) is 0 Å². The van der Waals surface area contributed by atoms with E-state index in [-0.39, 0.29) is 0 Å². The van der Waals surface area contributed by atoms with Gasteiger partial charge in [-0.1, -0.05) is 30.3 Å². The van der Waals surface area contributed by atoms with Crippen LogP contribution >= 0.6 is 0 Å². The standard InChI is InChI=1S/C16H27N3/c1-17-10-12-18(2)16-9-6-11-19(14-16)13-15-7-4-3-5-8-15/h3-5,7-8,16-17H,6,9-14H2,1-2H3. The summed E-state index contributed by atoms with van der Waals surface area (Å²) in [4.78, 5) is 5.10. The minimum Gasteiger partial charge on any atom is -0.318 e. The molecule has 1 aliphatic heterocycles. The lowest BCUT2D eigenvalue weighted by atomic mass is 10.0. The largest absolute Gasteiger partial charge is 0.318 e. The van der Waals surface area contributed by atoms with Crippen LogP contribution in [0.5, 0.6) is 0 Å². The fourth-order valence-electron chi connectivity index (χ4n) is 2.85. The van der Waals surface area contributed by atoms with Crippen LogP contribution in [0.1, 0.15) is 18.4 Å². The van der Waals surface area contributed by atoms with E-state index in [1.165, 1.54) is 31.5 Å². The first kappa shape index (κ1) is 14.5. The van der Waals surface area contributed by atoms with Crippen molar-refractivity contribution in [1.29, 1.82) is 0 Å². The molecule has 1 aliphatic rings. The molecule has 2 rings (SSSR count). The van der Waals surface area contributed by atoms with Crippen LogP contribution in [0, 0.1) is 0 Å². The Kier molecular flexibility index (Phi) is 5.83. The van der Waals surface area contributed by atoms with E-state index in [2.05, 4.69) is 52.5 Å². The molecule has 1 aromatic rings. The number of benzene rings is 1. The Bertz CT molecular complexity index is 352. The molecule has 0 aromatic heterocycles. The van der Waals surface area contributed by atoms with Gasteiger partial charge in [0.25, 0.3) is 0 Å². The van der Waals surface area contributed by atoms with Gasteiger partial charge in [0.1, 0.15) is 0 Å². The van der Waals surface area contributed by atoms with Crippen LogP contribution in [0.2, 0.25) is 0 Å². The minimum atomic E-state index is 0.714. The highest BCUT2D eigenvalue weighted by molar-refractivity contribution is 5.14. The molecule has 1 unspecified atom stereocenters. The maximum absolute atomic E-state index is 3.23. The number of likely N-dealkylation sites (N-methyl/N-ethyl adjacent to an activating group) is 2. The predicted molar refractivity (Wildman–Crippen MR) is 81.3 cm³/mol. The number of likely N-dealkylation sites (tertiary alicyclic amines) is 1. The summed E-state index contributed by atoms with van der Waals surface area (Å²) in [5.74, 6) is 0. The van der Waals surface area contributed by atoms with E-state index >= 15 is 0 Å². The molecule has 1 saturated heterocycles. The molecule has 0 bridgehead atoms. The summed E-state index contributed by atoms with van der Waals surface area (Å²) in [6.45, 7) is 5.75. The molecule has 106 valence electrons. The molecule has 3 heteroatoms. The second-order valence-electron chi connectivity index (χ2n) is 5.60. The van der Waals surface area contributed by atoms with Crippen molar-refractivity contribution in [3.8, 4) is 0 Å². The van der Waals surface area contributed by atoms with Gasteiger partial charge in [-0.15, -0.1) is 0 Å². The summed E-state index contributed by atoms with van der Waals surface area (Å²) in [7, 11) is 4.28. The first-order valence-electron chi connectivity index (χ1n) is 7.40. The normalized spacial score (nSPS) is 20.9. The lowest BCUT2D eigenvalue weighted by molar-refractivity contribution is 0.112.